The first kappa shape index (κ1) is 14.4. The highest BCUT2D eigenvalue weighted by Crippen LogP contribution is 2.19. The predicted molar refractivity (Wildman–Crippen MR) is 88.2 cm³/mol. The molecule has 0 fully saturated rings. The maximum absolute atomic E-state index is 13.0. The van der Waals surface area contributed by atoms with Gasteiger partial charge in [-0.2, -0.15) is 0 Å². The largest absolute Gasteiger partial charge is 0.444 e. The first-order valence-corrected chi connectivity index (χ1v) is 7.46. The van der Waals surface area contributed by atoms with Gasteiger partial charge in [-0.15, -0.1) is 0 Å². The maximum atomic E-state index is 13.0. The van der Waals surface area contributed by atoms with E-state index in [1.54, 1.807) is 27.5 Å². The number of aromatic nitrogens is 3. The SMILES string of the molecule is Cn1ccc2ccn(Cc3coc(-c4ccc(F)cc4)n3)c(=O)c21. The van der Waals surface area contributed by atoms with E-state index in [0.29, 0.717) is 29.2 Å². The lowest BCUT2D eigenvalue weighted by Crippen LogP contribution is -2.21. The van der Waals surface area contributed by atoms with Gasteiger partial charge < -0.3 is 13.6 Å². The van der Waals surface area contributed by atoms with E-state index in [0.717, 1.165) is 5.39 Å². The molecule has 1 aromatic carbocycles. The van der Waals surface area contributed by atoms with Gasteiger partial charge in [0.2, 0.25) is 5.89 Å². The zero-order valence-electron chi connectivity index (χ0n) is 12.9. The Kier molecular flexibility index (Phi) is 3.30. The number of fused-ring (bicyclic) bond motifs is 1. The van der Waals surface area contributed by atoms with Gasteiger partial charge in [0.15, 0.2) is 0 Å². The Morgan fingerprint density at radius 2 is 1.88 bits per heavy atom. The molecule has 5 nitrogen and oxygen atoms in total. The second-order valence-electron chi connectivity index (χ2n) is 5.63. The van der Waals surface area contributed by atoms with Crippen LogP contribution in [0.3, 0.4) is 0 Å². The Hall–Kier alpha value is -3.15. The summed E-state index contributed by atoms with van der Waals surface area (Å²) in [7, 11) is 1.84. The fourth-order valence-electron chi connectivity index (χ4n) is 2.74. The number of rotatable bonds is 3. The molecule has 120 valence electrons. The summed E-state index contributed by atoms with van der Waals surface area (Å²) < 4.78 is 21.8. The van der Waals surface area contributed by atoms with E-state index < -0.39 is 0 Å². The standard InChI is InChI=1S/C18H14FN3O2/c1-21-8-6-12-7-9-22(18(23)16(12)21)10-15-11-24-17(20-15)13-2-4-14(19)5-3-13/h2-9,11H,10H2,1H3. The number of benzene rings is 1. The van der Waals surface area contributed by atoms with Crippen LogP contribution in [0.4, 0.5) is 4.39 Å². The first-order valence-electron chi connectivity index (χ1n) is 7.46. The summed E-state index contributed by atoms with van der Waals surface area (Å²) in [4.78, 5) is 17.0. The van der Waals surface area contributed by atoms with Crippen molar-refractivity contribution in [2.75, 3.05) is 0 Å². The van der Waals surface area contributed by atoms with Crippen LogP contribution in [0.5, 0.6) is 0 Å². The van der Waals surface area contributed by atoms with Crippen molar-refractivity contribution >= 4 is 10.9 Å². The number of hydrogen-bond donors (Lipinski definition) is 0. The lowest BCUT2D eigenvalue weighted by Gasteiger charge is -2.04. The fourth-order valence-corrected chi connectivity index (χ4v) is 2.74. The summed E-state index contributed by atoms with van der Waals surface area (Å²) in [5.74, 6) is 0.0888. The number of pyridine rings is 1. The molecule has 24 heavy (non-hydrogen) atoms. The van der Waals surface area contributed by atoms with Gasteiger partial charge >= 0.3 is 0 Å². The summed E-state index contributed by atoms with van der Waals surface area (Å²) in [5, 5.41) is 0.908. The van der Waals surface area contributed by atoms with Crippen molar-refractivity contribution in [3.8, 4) is 11.5 Å². The van der Waals surface area contributed by atoms with Crippen molar-refractivity contribution in [3.63, 3.8) is 0 Å². The molecule has 0 unspecified atom stereocenters. The molecule has 0 amide bonds. The molecule has 3 aromatic heterocycles. The Labute approximate surface area is 136 Å². The van der Waals surface area contributed by atoms with Crippen LogP contribution in [0.2, 0.25) is 0 Å². The average molecular weight is 323 g/mol. The van der Waals surface area contributed by atoms with Crippen molar-refractivity contribution in [2.45, 2.75) is 6.54 Å². The zero-order chi connectivity index (χ0) is 16.7. The van der Waals surface area contributed by atoms with Crippen LogP contribution in [0, 0.1) is 5.82 Å². The van der Waals surface area contributed by atoms with E-state index in [-0.39, 0.29) is 11.4 Å². The summed E-state index contributed by atoms with van der Waals surface area (Å²) in [6, 6.07) is 9.72. The minimum atomic E-state index is -0.312. The van der Waals surface area contributed by atoms with Crippen LogP contribution in [0.15, 0.2) is 64.3 Å². The lowest BCUT2D eigenvalue weighted by molar-refractivity contribution is 0.570. The fraction of sp³-hybridized carbons (Fsp3) is 0.111. The van der Waals surface area contributed by atoms with Gasteiger partial charge in [0, 0.05) is 30.4 Å². The third-order valence-electron chi connectivity index (χ3n) is 3.98. The molecule has 0 saturated carbocycles. The van der Waals surface area contributed by atoms with Gasteiger partial charge in [0.25, 0.3) is 5.56 Å². The smallest absolute Gasteiger partial charge is 0.275 e. The second-order valence-corrected chi connectivity index (χ2v) is 5.63. The average Bonchev–Trinajstić information content (AvgIpc) is 3.18. The molecule has 0 spiro atoms. The molecule has 0 saturated heterocycles. The van der Waals surface area contributed by atoms with E-state index in [2.05, 4.69) is 4.98 Å². The molecule has 0 N–H and O–H groups in total. The van der Waals surface area contributed by atoms with Gasteiger partial charge in [-0.05, 0) is 36.4 Å². The first-order chi connectivity index (χ1) is 11.6. The van der Waals surface area contributed by atoms with Gasteiger partial charge in [0.1, 0.15) is 17.6 Å². The molecule has 4 rings (SSSR count). The van der Waals surface area contributed by atoms with Gasteiger partial charge in [-0.1, -0.05) is 0 Å². The molecule has 0 aliphatic carbocycles. The minimum Gasteiger partial charge on any atom is -0.444 e. The second kappa shape index (κ2) is 5.49. The Balaban J connectivity index is 1.67. The molecule has 0 radical (unpaired) electrons. The van der Waals surface area contributed by atoms with Crippen LogP contribution in [0.25, 0.3) is 22.4 Å². The number of aryl methyl sites for hydroxylation is 1. The quantitative estimate of drug-likeness (QED) is 0.582. The summed E-state index contributed by atoms with van der Waals surface area (Å²) in [5.41, 5.74) is 1.89. The van der Waals surface area contributed by atoms with E-state index in [9.17, 15) is 9.18 Å². The van der Waals surface area contributed by atoms with Gasteiger partial charge in [-0.25, -0.2) is 9.37 Å². The van der Waals surface area contributed by atoms with E-state index in [1.807, 2.05) is 25.4 Å². The predicted octanol–water partition coefficient (Wildman–Crippen LogP) is 3.18. The summed E-state index contributed by atoms with van der Waals surface area (Å²) >= 11 is 0. The highest BCUT2D eigenvalue weighted by atomic mass is 19.1. The van der Waals surface area contributed by atoms with Crippen LogP contribution < -0.4 is 5.56 Å². The van der Waals surface area contributed by atoms with Crippen LogP contribution in [-0.4, -0.2) is 14.1 Å². The molecular formula is C18H14FN3O2. The Morgan fingerprint density at radius 3 is 2.67 bits per heavy atom. The van der Waals surface area contributed by atoms with Crippen molar-refractivity contribution in [3.05, 3.63) is 76.9 Å². The topological polar surface area (TPSA) is 53.0 Å². The van der Waals surface area contributed by atoms with Crippen molar-refractivity contribution < 1.29 is 8.81 Å². The normalized spacial score (nSPS) is 11.2. The number of oxazole rings is 1. The van der Waals surface area contributed by atoms with Crippen molar-refractivity contribution in [1.82, 2.24) is 14.1 Å². The lowest BCUT2D eigenvalue weighted by atomic mass is 10.2. The number of nitrogens with zero attached hydrogens (tertiary/aromatic N) is 3. The van der Waals surface area contributed by atoms with Crippen molar-refractivity contribution in [2.24, 2.45) is 7.05 Å². The molecule has 0 atom stereocenters. The molecule has 4 aromatic rings. The molecule has 0 aliphatic rings. The monoisotopic (exact) mass is 323 g/mol. The van der Waals surface area contributed by atoms with Crippen LogP contribution >= 0.6 is 0 Å². The van der Waals surface area contributed by atoms with Crippen molar-refractivity contribution in [1.29, 1.82) is 0 Å². The van der Waals surface area contributed by atoms with E-state index in [4.69, 9.17) is 4.42 Å². The molecular weight excluding hydrogens is 309 g/mol. The summed E-state index contributed by atoms with van der Waals surface area (Å²) in [6.45, 7) is 0.310. The highest BCUT2D eigenvalue weighted by molar-refractivity contribution is 5.78. The number of hydrogen-bond acceptors (Lipinski definition) is 3. The molecule has 3 heterocycles. The van der Waals surface area contributed by atoms with E-state index in [1.165, 1.54) is 18.4 Å². The number of halogens is 1. The van der Waals surface area contributed by atoms with E-state index >= 15 is 0 Å². The molecule has 6 heteroatoms. The third-order valence-corrected chi connectivity index (χ3v) is 3.98. The van der Waals surface area contributed by atoms with Gasteiger partial charge in [-0.3, -0.25) is 4.79 Å². The van der Waals surface area contributed by atoms with Crippen LogP contribution in [0.1, 0.15) is 5.69 Å². The summed E-state index contributed by atoms with van der Waals surface area (Å²) in [6.07, 6.45) is 5.12. The molecule has 0 aliphatic heterocycles. The van der Waals surface area contributed by atoms with Crippen LogP contribution in [-0.2, 0) is 13.6 Å². The van der Waals surface area contributed by atoms with Gasteiger partial charge in [0.05, 0.1) is 12.2 Å². The highest BCUT2D eigenvalue weighted by Gasteiger charge is 2.10. The third kappa shape index (κ3) is 2.42. The Bertz CT molecular complexity index is 1070. The maximum Gasteiger partial charge on any atom is 0.275 e. The minimum absolute atomic E-state index is 0.0775. The zero-order valence-corrected chi connectivity index (χ0v) is 12.9. The molecule has 0 bridgehead atoms. The Morgan fingerprint density at radius 1 is 1.12 bits per heavy atom.